The third-order valence-electron chi connectivity index (χ3n) is 3.55. The van der Waals surface area contributed by atoms with E-state index in [1.54, 1.807) is 21.9 Å². The molecule has 0 atom stereocenters. The number of benzene rings is 1. The average molecular weight is 292 g/mol. The number of furan rings is 1. The minimum Gasteiger partial charge on any atom is -0.459 e. The van der Waals surface area contributed by atoms with Crippen LogP contribution in [0.4, 0.5) is 14.5 Å². The lowest BCUT2D eigenvalue weighted by Gasteiger charge is -2.35. The summed E-state index contributed by atoms with van der Waals surface area (Å²) in [6, 6.07) is 6.66. The molecule has 6 heteroatoms. The van der Waals surface area contributed by atoms with Gasteiger partial charge in [0.15, 0.2) is 5.76 Å². The third kappa shape index (κ3) is 2.74. The molecule has 1 fully saturated rings. The van der Waals surface area contributed by atoms with Crippen LogP contribution in [0.1, 0.15) is 10.6 Å². The minimum absolute atomic E-state index is 0.181. The molecule has 1 aromatic carbocycles. The molecule has 0 spiro atoms. The van der Waals surface area contributed by atoms with Crippen LogP contribution in [0.15, 0.2) is 41.0 Å². The van der Waals surface area contributed by atoms with Crippen molar-refractivity contribution in [2.45, 2.75) is 0 Å². The number of hydrogen-bond acceptors (Lipinski definition) is 3. The summed E-state index contributed by atoms with van der Waals surface area (Å²) >= 11 is 0. The number of anilines is 1. The fourth-order valence-corrected chi connectivity index (χ4v) is 2.43. The Bertz CT molecular complexity index is 635. The highest BCUT2D eigenvalue weighted by atomic mass is 19.1. The smallest absolute Gasteiger partial charge is 0.289 e. The van der Waals surface area contributed by atoms with Crippen molar-refractivity contribution in [3.63, 3.8) is 0 Å². The maximum atomic E-state index is 13.7. The molecule has 1 aliphatic heterocycles. The van der Waals surface area contributed by atoms with Gasteiger partial charge in [-0.2, -0.15) is 0 Å². The first-order valence-electron chi connectivity index (χ1n) is 6.68. The fraction of sp³-hybridized carbons (Fsp3) is 0.267. The first-order chi connectivity index (χ1) is 10.1. The summed E-state index contributed by atoms with van der Waals surface area (Å²) in [4.78, 5) is 15.5. The Morgan fingerprint density at radius 3 is 2.52 bits per heavy atom. The van der Waals surface area contributed by atoms with Gasteiger partial charge < -0.3 is 14.2 Å². The highest BCUT2D eigenvalue weighted by Crippen LogP contribution is 2.22. The SMILES string of the molecule is O=C(c1ccco1)N1CCN(c2cc(F)ccc2F)CC1. The van der Waals surface area contributed by atoms with Gasteiger partial charge in [0, 0.05) is 32.2 Å². The molecule has 0 aliphatic carbocycles. The number of carbonyl (C=O) groups excluding carboxylic acids is 1. The van der Waals surface area contributed by atoms with Gasteiger partial charge in [0.05, 0.1) is 12.0 Å². The molecular weight excluding hydrogens is 278 g/mol. The molecule has 3 rings (SSSR count). The second-order valence-electron chi connectivity index (χ2n) is 4.85. The molecule has 1 aliphatic rings. The van der Waals surface area contributed by atoms with Gasteiger partial charge in [-0.25, -0.2) is 8.78 Å². The summed E-state index contributed by atoms with van der Waals surface area (Å²) in [5, 5.41) is 0. The van der Waals surface area contributed by atoms with Gasteiger partial charge in [-0.05, 0) is 24.3 Å². The third-order valence-corrected chi connectivity index (χ3v) is 3.55. The van der Waals surface area contributed by atoms with Crippen LogP contribution < -0.4 is 4.90 Å². The summed E-state index contributed by atoms with van der Waals surface area (Å²) in [5.74, 6) is -0.817. The van der Waals surface area contributed by atoms with Gasteiger partial charge in [-0.1, -0.05) is 0 Å². The van der Waals surface area contributed by atoms with E-state index in [4.69, 9.17) is 4.42 Å². The largest absolute Gasteiger partial charge is 0.459 e. The van der Waals surface area contributed by atoms with Gasteiger partial charge in [-0.15, -0.1) is 0 Å². The van der Waals surface area contributed by atoms with Crippen molar-refractivity contribution in [2.24, 2.45) is 0 Å². The van der Waals surface area contributed by atoms with Crippen LogP contribution in [0.2, 0.25) is 0 Å². The molecular formula is C15H14F2N2O2. The molecule has 0 radical (unpaired) electrons. The van der Waals surface area contributed by atoms with E-state index in [-0.39, 0.29) is 11.6 Å². The summed E-state index contributed by atoms with van der Waals surface area (Å²) in [6.07, 6.45) is 1.45. The van der Waals surface area contributed by atoms with E-state index in [9.17, 15) is 13.6 Å². The molecule has 4 nitrogen and oxygen atoms in total. The molecule has 1 amide bonds. The zero-order chi connectivity index (χ0) is 14.8. The van der Waals surface area contributed by atoms with Crippen molar-refractivity contribution in [2.75, 3.05) is 31.1 Å². The number of hydrogen-bond donors (Lipinski definition) is 0. The van der Waals surface area contributed by atoms with Gasteiger partial charge in [-0.3, -0.25) is 4.79 Å². The molecule has 0 N–H and O–H groups in total. The number of piperazine rings is 1. The highest BCUT2D eigenvalue weighted by Gasteiger charge is 2.25. The maximum absolute atomic E-state index is 13.7. The normalized spacial score (nSPS) is 15.3. The zero-order valence-corrected chi connectivity index (χ0v) is 11.3. The molecule has 0 bridgehead atoms. The standard InChI is InChI=1S/C15H14F2N2O2/c16-11-3-4-12(17)13(10-11)18-5-7-19(8-6-18)15(20)14-2-1-9-21-14/h1-4,9-10H,5-8H2. The Morgan fingerprint density at radius 1 is 1.10 bits per heavy atom. The molecule has 2 heterocycles. The lowest BCUT2D eigenvalue weighted by atomic mass is 10.2. The maximum Gasteiger partial charge on any atom is 0.289 e. The first-order valence-corrected chi connectivity index (χ1v) is 6.68. The van der Waals surface area contributed by atoms with Gasteiger partial charge in [0.1, 0.15) is 11.6 Å². The second kappa shape index (κ2) is 5.55. The van der Waals surface area contributed by atoms with Gasteiger partial charge in [0.2, 0.25) is 0 Å². The first kappa shape index (κ1) is 13.6. The zero-order valence-electron chi connectivity index (χ0n) is 11.3. The monoisotopic (exact) mass is 292 g/mol. The lowest BCUT2D eigenvalue weighted by molar-refractivity contribution is 0.0714. The van der Waals surface area contributed by atoms with Crippen LogP contribution in [0.5, 0.6) is 0 Å². The van der Waals surface area contributed by atoms with Gasteiger partial charge >= 0.3 is 0 Å². The van der Waals surface area contributed by atoms with Crippen LogP contribution in [0.3, 0.4) is 0 Å². The molecule has 1 saturated heterocycles. The summed E-state index contributed by atoms with van der Waals surface area (Å²) in [6.45, 7) is 1.78. The summed E-state index contributed by atoms with van der Waals surface area (Å²) < 4.78 is 32.0. The van der Waals surface area contributed by atoms with Gasteiger partial charge in [0.25, 0.3) is 5.91 Å². The molecule has 1 aromatic heterocycles. The molecule has 0 unspecified atom stereocenters. The fourth-order valence-electron chi connectivity index (χ4n) is 2.43. The number of nitrogens with zero attached hydrogens (tertiary/aromatic N) is 2. The van der Waals surface area contributed by atoms with Crippen molar-refractivity contribution >= 4 is 11.6 Å². The topological polar surface area (TPSA) is 36.7 Å². The Morgan fingerprint density at radius 2 is 1.86 bits per heavy atom. The lowest BCUT2D eigenvalue weighted by Crippen LogP contribution is -2.49. The molecule has 21 heavy (non-hydrogen) atoms. The molecule has 110 valence electrons. The average Bonchev–Trinajstić information content (AvgIpc) is 3.03. The Labute approximate surface area is 120 Å². The Kier molecular flexibility index (Phi) is 3.60. The van der Waals surface area contributed by atoms with Crippen LogP contribution in [0, 0.1) is 11.6 Å². The summed E-state index contributed by atoms with van der Waals surface area (Å²) in [5.41, 5.74) is 0.236. The van der Waals surface area contributed by atoms with Crippen LogP contribution in [0.25, 0.3) is 0 Å². The van der Waals surface area contributed by atoms with E-state index in [0.29, 0.717) is 31.9 Å². The van der Waals surface area contributed by atoms with E-state index in [0.717, 1.165) is 12.1 Å². The number of halogens is 2. The second-order valence-corrected chi connectivity index (χ2v) is 4.85. The minimum atomic E-state index is -0.472. The Hall–Kier alpha value is -2.37. The van der Waals surface area contributed by atoms with Crippen molar-refractivity contribution in [3.05, 3.63) is 54.0 Å². The Balaban J connectivity index is 1.68. The van der Waals surface area contributed by atoms with E-state index in [1.165, 1.54) is 12.3 Å². The van der Waals surface area contributed by atoms with Crippen LogP contribution >= 0.6 is 0 Å². The van der Waals surface area contributed by atoms with Crippen molar-refractivity contribution < 1.29 is 18.0 Å². The van der Waals surface area contributed by atoms with Crippen molar-refractivity contribution in [3.8, 4) is 0 Å². The highest BCUT2D eigenvalue weighted by molar-refractivity contribution is 5.91. The van der Waals surface area contributed by atoms with Crippen molar-refractivity contribution in [1.29, 1.82) is 0 Å². The predicted molar refractivity (Wildman–Crippen MR) is 73.2 cm³/mol. The van der Waals surface area contributed by atoms with E-state index in [1.807, 2.05) is 0 Å². The molecule has 0 saturated carbocycles. The number of amides is 1. The van der Waals surface area contributed by atoms with Crippen molar-refractivity contribution in [1.82, 2.24) is 4.90 Å². The van der Waals surface area contributed by atoms with Crippen LogP contribution in [-0.2, 0) is 0 Å². The number of rotatable bonds is 2. The predicted octanol–water partition coefficient (Wildman–Crippen LogP) is 2.52. The van der Waals surface area contributed by atoms with E-state index < -0.39 is 11.6 Å². The quantitative estimate of drug-likeness (QED) is 0.853. The van der Waals surface area contributed by atoms with E-state index >= 15 is 0 Å². The van der Waals surface area contributed by atoms with E-state index in [2.05, 4.69) is 0 Å². The molecule has 2 aromatic rings. The summed E-state index contributed by atoms with van der Waals surface area (Å²) in [7, 11) is 0. The van der Waals surface area contributed by atoms with Crippen LogP contribution in [-0.4, -0.2) is 37.0 Å². The number of carbonyl (C=O) groups is 1.